The molecule has 0 spiro atoms. The van der Waals surface area contributed by atoms with Gasteiger partial charge in [0.15, 0.2) is 0 Å². The highest BCUT2D eigenvalue weighted by Crippen LogP contribution is 2.24. The smallest absolute Gasteiger partial charge is 0.127 e. The van der Waals surface area contributed by atoms with Crippen LogP contribution in [0.3, 0.4) is 0 Å². The second-order valence-electron chi connectivity index (χ2n) is 6.19. The summed E-state index contributed by atoms with van der Waals surface area (Å²) in [6, 6.07) is 7.99. The third kappa shape index (κ3) is 4.79. The molecular formula is C18H29FN2. The van der Waals surface area contributed by atoms with Gasteiger partial charge in [-0.3, -0.25) is 0 Å². The Balaban J connectivity index is 1.92. The van der Waals surface area contributed by atoms with E-state index in [9.17, 15) is 4.39 Å². The zero-order chi connectivity index (χ0) is 15.1. The Kier molecular flexibility index (Phi) is 6.65. The average Bonchev–Trinajstić information content (AvgIpc) is 2.53. The number of hydrogen-bond donors (Lipinski definition) is 1. The maximum atomic E-state index is 14.0. The van der Waals surface area contributed by atoms with Crippen LogP contribution < -0.4 is 5.32 Å². The van der Waals surface area contributed by atoms with Crippen molar-refractivity contribution in [3.8, 4) is 0 Å². The molecule has 1 aromatic rings. The number of nitrogens with zero attached hydrogens (tertiary/aromatic N) is 1. The van der Waals surface area contributed by atoms with Crippen LogP contribution >= 0.6 is 0 Å². The van der Waals surface area contributed by atoms with Gasteiger partial charge in [0.25, 0.3) is 0 Å². The fourth-order valence-electron chi connectivity index (χ4n) is 3.41. The molecule has 0 heterocycles. The molecule has 1 aromatic carbocycles. The Morgan fingerprint density at radius 2 is 1.95 bits per heavy atom. The van der Waals surface area contributed by atoms with Crippen LogP contribution in [0.5, 0.6) is 0 Å². The number of rotatable bonds is 7. The van der Waals surface area contributed by atoms with E-state index in [2.05, 4.69) is 24.2 Å². The summed E-state index contributed by atoms with van der Waals surface area (Å²) in [5.41, 5.74) is 0.802. The van der Waals surface area contributed by atoms with Crippen molar-refractivity contribution in [3.63, 3.8) is 0 Å². The topological polar surface area (TPSA) is 15.3 Å². The van der Waals surface area contributed by atoms with Crippen molar-refractivity contribution >= 4 is 0 Å². The highest BCUT2D eigenvalue weighted by Gasteiger charge is 2.20. The van der Waals surface area contributed by atoms with E-state index in [1.165, 1.54) is 32.1 Å². The largest absolute Gasteiger partial charge is 0.310 e. The summed E-state index contributed by atoms with van der Waals surface area (Å²) >= 11 is 0. The van der Waals surface area contributed by atoms with E-state index in [-0.39, 0.29) is 11.9 Å². The van der Waals surface area contributed by atoms with E-state index >= 15 is 0 Å². The molecule has 1 saturated carbocycles. The van der Waals surface area contributed by atoms with Gasteiger partial charge in [0, 0.05) is 17.6 Å². The number of halogens is 1. The monoisotopic (exact) mass is 292 g/mol. The molecule has 3 heteroatoms. The quantitative estimate of drug-likeness (QED) is 0.813. The van der Waals surface area contributed by atoms with Crippen molar-refractivity contribution in [3.05, 3.63) is 35.6 Å². The van der Waals surface area contributed by atoms with Gasteiger partial charge in [-0.05, 0) is 45.5 Å². The molecule has 1 aliphatic carbocycles. The fraction of sp³-hybridized carbons (Fsp3) is 0.667. The third-order valence-corrected chi connectivity index (χ3v) is 4.70. The van der Waals surface area contributed by atoms with Crippen molar-refractivity contribution in [1.82, 2.24) is 10.2 Å². The van der Waals surface area contributed by atoms with Crippen LogP contribution in [0.2, 0.25) is 0 Å². The highest BCUT2D eigenvalue weighted by atomic mass is 19.1. The van der Waals surface area contributed by atoms with Crippen molar-refractivity contribution < 1.29 is 4.39 Å². The molecule has 0 amide bonds. The van der Waals surface area contributed by atoms with Gasteiger partial charge < -0.3 is 10.2 Å². The Morgan fingerprint density at radius 1 is 1.24 bits per heavy atom. The van der Waals surface area contributed by atoms with Crippen molar-refractivity contribution in [1.29, 1.82) is 0 Å². The van der Waals surface area contributed by atoms with Crippen LogP contribution in [-0.2, 0) is 0 Å². The highest BCUT2D eigenvalue weighted by molar-refractivity contribution is 5.21. The first kappa shape index (κ1) is 16.4. The second kappa shape index (κ2) is 8.50. The minimum atomic E-state index is -0.0937. The van der Waals surface area contributed by atoms with Gasteiger partial charge >= 0.3 is 0 Å². The molecular weight excluding hydrogens is 263 g/mol. The molecule has 1 atom stereocenters. The summed E-state index contributed by atoms with van der Waals surface area (Å²) in [5.74, 6) is -0.0937. The Labute approximate surface area is 128 Å². The first-order valence-corrected chi connectivity index (χ1v) is 8.40. The summed E-state index contributed by atoms with van der Waals surface area (Å²) in [4.78, 5) is 2.48. The third-order valence-electron chi connectivity index (χ3n) is 4.70. The van der Waals surface area contributed by atoms with E-state index in [1.54, 1.807) is 12.1 Å². The first-order chi connectivity index (χ1) is 10.2. The van der Waals surface area contributed by atoms with Gasteiger partial charge in [0.05, 0.1) is 0 Å². The van der Waals surface area contributed by atoms with Crippen LogP contribution in [0.15, 0.2) is 24.3 Å². The number of nitrogens with one attached hydrogen (secondary N) is 1. The van der Waals surface area contributed by atoms with Crippen molar-refractivity contribution in [2.75, 3.05) is 20.1 Å². The number of benzene rings is 1. The molecule has 1 N–H and O–H groups in total. The Morgan fingerprint density at radius 3 is 2.62 bits per heavy atom. The number of hydrogen-bond acceptors (Lipinski definition) is 2. The normalized spacial score (nSPS) is 18.1. The van der Waals surface area contributed by atoms with Crippen LogP contribution in [0, 0.1) is 5.82 Å². The zero-order valence-electron chi connectivity index (χ0n) is 13.4. The molecule has 2 rings (SSSR count). The second-order valence-corrected chi connectivity index (χ2v) is 6.19. The van der Waals surface area contributed by atoms with Gasteiger partial charge in [0.2, 0.25) is 0 Å². The maximum Gasteiger partial charge on any atom is 0.127 e. The SMILES string of the molecule is CCNC(CCN(C)C1CCCCC1)c1ccccc1F. The Hall–Kier alpha value is -0.930. The lowest BCUT2D eigenvalue weighted by atomic mass is 9.94. The molecule has 1 fully saturated rings. The molecule has 0 bridgehead atoms. The summed E-state index contributed by atoms with van der Waals surface area (Å²) in [7, 11) is 2.22. The molecule has 2 nitrogen and oxygen atoms in total. The van der Waals surface area contributed by atoms with Crippen LogP contribution in [0.1, 0.15) is 57.1 Å². The van der Waals surface area contributed by atoms with E-state index in [0.29, 0.717) is 0 Å². The van der Waals surface area contributed by atoms with Crippen LogP contribution in [0.25, 0.3) is 0 Å². The van der Waals surface area contributed by atoms with Crippen molar-refractivity contribution in [2.24, 2.45) is 0 Å². The lowest BCUT2D eigenvalue weighted by molar-refractivity contribution is 0.183. The predicted octanol–water partition coefficient (Wildman–Crippen LogP) is 4.13. The van der Waals surface area contributed by atoms with Gasteiger partial charge in [-0.1, -0.05) is 44.4 Å². The van der Waals surface area contributed by atoms with Crippen LogP contribution in [0.4, 0.5) is 4.39 Å². The standard InChI is InChI=1S/C18H29FN2/c1-3-20-18(16-11-7-8-12-17(16)19)13-14-21(2)15-9-5-4-6-10-15/h7-8,11-12,15,18,20H,3-6,9-10,13-14H2,1-2H3. The molecule has 0 aliphatic heterocycles. The molecule has 21 heavy (non-hydrogen) atoms. The van der Waals surface area contributed by atoms with Crippen LogP contribution in [-0.4, -0.2) is 31.1 Å². The predicted molar refractivity (Wildman–Crippen MR) is 86.9 cm³/mol. The van der Waals surface area contributed by atoms with E-state index < -0.39 is 0 Å². The fourth-order valence-corrected chi connectivity index (χ4v) is 3.41. The summed E-state index contributed by atoms with van der Waals surface area (Å²) < 4.78 is 14.0. The van der Waals surface area contributed by atoms with Gasteiger partial charge in [-0.25, -0.2) is 4.39 Å². The molecule has 118 valence electrons. The summed E-state index contributed by atoms with van der Waals surface area (Å²) in [6.07, 6.45) is 7.71. The molecule has 1 unspecified atom stereocenters. The molecule has 0 radical (unpaired) electrons. The van der Waals surface area contributed by atoms with E-state index in [1.807, 2.05) is 12.1 Å². The average molecular weight is 292 g/mol. The zero-order valence-corrected chi connectivity index (χ0v) is 13.4. The molecule has 0 saturated heterocycles. The van der Waals surface area contributed by atoms with Gasteiger partial charge in [0.1, 0.15) is 5.82 Å². The van der Waals surface area contributed by atoms with Gasteiger partial charge in [-0.15, -0.1) is 0 Å². The minimum absolute atomic E-state index is 0.0937. The summed E-state index contributed by atoms with van der Waals surface area (Å²) in [5, 5.41) is 3.43. The lowest BCUT2D eigenvalue weighted by Gasteiger charge is -2.32. The first-order valence-electron chi connectivity index (χ1n) is 8.40. The van der Waals surface area contributed by atoms with E-state index in [4.69, 9.17) is 0 Å². The lowest BCUT2D eigenvalue weighted by Crippen LogP contribution is -2.36. The van der Waals surface area contributed by atoms with Crippen molar-refractivity contribution in [2.45, 2.75) is 57.5 Å². The molecule has 1 aliphatic rings. The molecule has 0 aromatic heterocycles. The maximum absolute atomic E-state index is 14.0. The van der Waals surface area contributed by atoms with E-state index in [0.717, 1.165) is 31.1 Å². The van der Waals surface area contributed by atoms with Gasteiger partial charge in [-0.2, -0.15) is 0 Å². The minimum Gasteiger partial charge on any atom is -0.310 e. The summed E-state index contributed by atoms with van der Waals surface area (Å²) in [6.45, 7) is 3.97. The Bertz CT molecular complexity index is 415.